The molecule has 0 saturated heterocycles. The highest BCUT2D eigenvalue weighted by atomic mass is 79.9. The molecule has 0 heterocycles. The molecule has 0 aliphatic rings. The summed E-state index contributed by atoms with van der Waals surface area (Å²) in [7, 11) is 0. The van der Waals surface area contributed by atoms with Crippen LogP contribution in [0.5, 0.6) is 0 Å². The first-order valence-corrected chi connectivity index (χ1v) is 11.7. The van der Waals surface area contributed by atoms with Crippen LogP contribution in [0.4, 0.5) is 0 Å². The van der Waals surface area contributed by atoms with E-state index in [1.54, 1.807) is 12.1 Å². The predicted molar refractivity (Wildman–Crippen MR) is 124 cm³/mol. The molecule has 2 aromatic rings. The van der Waals surface area contributed by atoms with Crippen LogP contribution < -0.4 is 0 Å². The first-order chi connectivity index (χ1) is 13.5. The third kappa shape index (κ3) is 8.49. The molecule has 0 aliphatic heterocycles. The molecule has 1 atom stereocenters. The Hall–Kier alpha value is -1.12. The number of rotatable bonds is 12. The van der Waals surface area contributed by atoms with Crippen molar-refractivity contribution < 1.29 is 4.79 Å². The second-order valence-electron chi connectivity index (χ2n) is 8.10. The number of hydrogen-bond acceptors (Lipinski definition) is 1. The number of hydrogen-bond donors (Lipinski definition) is 0. The molecule has 2 rings (SSSR count). The molecule has 2 aromatic carbocycles. The average molecular weight is 464 g/mol. The van der Waals surface area contributed by atoms with Gasteiger partial charge in [0.05, 0.1) is 0 Å². The molecule has 28 heavy (non-hydrogen) atoms. The Kier molecular flexibility index (Phi) is 10.3. The molecule has 0 spiro atoms. The normalized spacial score (nSPS) is 12.3. The van der Waals surface area contributed by atoms with Gasteiger partial charge in [0.2, 0.25) is 0 Å². The zero-order valence-electron chi connectivity index (χ0n) is 17.1. The van der Waals surface area contributed by atoms with E-state index in [4.69, 9.17) is 11.6 Å². The smallest absolute Gasteiger partial charge is 0.162 e. The Labute approximate surface area is 184 Å². The lowest BCUT2D eigenvalue weighted by Crippen LogP contribution is -2.03. The Morgan fingerprint density at radius 1 is 0.857 bits per heavy atom. The Morgan fingerprint density at radius 3 is 2.11 bits per heavy atom. The van der Waals surface area contributed by atoms with Crippen molar-refractivity contribution in [2.75, 3.05) is 0 Å². The Balaban J connectivity index is 1.86. The van der Waals surface area contributed by atoms with Gasteiger partial charge in [0, 0.05) is 21.5 Å². The molecule has 152 valence electrons. The maximum Gasteiger partial charge on any atom is 0.162 e. The van der Waals surface area contributed by atoms with Gasteiger partial charge < -0.3 is 0 Å². The van der Waals surface area contributed by atoms with Gasteiger partial charge in [0.15, 0.2) is 5.78 Å². The predicted octanol–water partition coefficient (Wildman–Crippen LogP) is 8.85. The van der Waals surface area contributed by atoms with Gasteiger partial charge in [0.1, 0.15) is 0 Å². The Morgan fingerprint density at radius 2 is 1.46 bits per heavy atom. The maximum atomic E-state index is 12.4. The summed E-state index contributed by atoms with van der Waals surface area (Å²) in [5, 5.41) is 0.671. The molecule has 0 fully saturated rings. The van der Waals surface area contributed by atoms with Crippen LogP contribution in [0.15, 0.2) is 53.0 Å². The monoisotopic (exact) mass is 462 g/mol. The molecule has 0 saturated carbocycles. The molecule has 0 aliphatic carbocycles. The first kappa shape index (κ1) is 23.2. The summed E-state index contributed by atoms with van der Waals surface area (Å²) in [5.74, 6) is 1.54. The molecule has 3 heteroatoms. The molecule has 0 radical (unpaired) electrons. The fraction of sp³-hybridized carbons (Fsp3) is 0.480. The first-order valence-electron chi connectivity index (χ1n) is 10.5. The second-order valence-corrected chi connectivity index (χ2v) is 9.45. The van der Waals surface area contributed by atoms with Crippen LogP contribution in [-0.2, 0) is 0 Å². The van der Waals surface area contributed by atoms with E-state index in [1.165, 1.54) is 37.7 Å². The highest BCUT2D eigenvalue weighted by molar-refractivity contribution is 9.10. The third-order valence-corrected chi connectivity index (χ3v) is 6.08. The molecule has 0 aromatic heterocycles. The van der Waals surface area contributed by atoms with Gasteiger partial charge in [0.25, 0.3) is 0 Å². The van der Waals surface area contributed by atoms with Crippen LogP contribution in [0.3, 0.4) is 0 Å². The van der Waals surface area contributed by atoms with Crippen molar-refractivity contribution in [3.8, 4) is 0 Å². The zero-order valence-corrected chi connectivity index (χ0v) is 19.4. The third-order valence-electron chi connectivity index (χ3n) is 5.30. The minimum absolute atomic E-state index is 0.211. The van der Waals surface area contributed by atoms with Gasteiger partial charge in [-0.25, -0.2) is 0 Å². The fourth-order valence-electron chi connectivity index (χ4n) is 3.62. The van der Waals surface area contributed by atoms with Crippen molar-refractivity contribution in [3.05, 3.63) is 69.2 Å². The molecular formula is C25H32BrClO. The van der Waals surface area contributed by atoms with E-state index in [1.807, 2.05) is 12.1 Å². The SMILES string of the molecule is CC(C)CCCCCC(CCCC(=O)c1ccc(Cl)cc1)c1ccc(Br)cc1. The lowest BCUT2D eigenvalue weighted by atomic mass is 9.88. The van der Waals surface area contributed by atoms with Crippen LogP contribution >= 0.6 is 27.5 Å². The number of halogens is 2. The zero-order chi connectivity index (χ0) is 20.4. The van der Waals surface area contributed by atoms with Crippen molar-refractivity contribution >= 4 is 33.3 Å². The number of ketones is 1. The highest BCUT2D eigenvalue weighted by Crippen LogP contribution is 2.29. The van der Waals surface area contributed by atoms with E-state index in [0.29, 0.717) is 17.4 Å². The van der Waals surface area contributed by atoms with Crippen LogP contribution in [0, 0.1) is 5.92 Å². The average Bonchev–Trinajstić information content (AvgIpc) is 2.67. The van der Waals surface area contributed by atoms with Gasteiger partial charge in [-0.1, -0.05) is 79.2 Å². The topological polar surface area (TPSA) is 17.1 Å². The lowest BCUT2D eigenvalue weighted by Gasteiger charge is -2.18. The number of Topliss-reactive ketones (excluding diaryl/α,β-unsaturated/α-hetero) is 1. The van der Waals surface area contributed by atoms with E-state index >= 15 is 0 Å². The largest absolute Gasteiger partial charge is 0.294 e. The number of carbonyl (C=O) groups excluding carboxylic acids is 1. The summed E-state index contributed by atoms with van der Waals surface area (Å²) in [5.41, 5.74) is 2.16. The highest BCUT2D eigenvalue weighted by Gasteiger charge is 2.13. The quantitative estimate of drug-likeness (QED) is 0.227. The van der Waals surface area contributed by atoms with Gasteiger partial charge in [-0.15, -0.1) is 0 Å². The molecule has 0 N–H and O–H groups in total. The molecule has 0 bridgehead atoms. The summed E-state index contributed by atoms with van der Waals surface area (Å²) in [6.07, 6.45) is 8.99. The lowest BCUT2D eigenvalue weighted by molar-refractivity contribution is 0.0978. The number of benzene rings is 2. The summed E-state index contributed by atoms with van der Waals surface area (Å²) >= 11 is 9.44. The van der Waals surface area contributed by atoms with E-state index in [-0.39, 0.29) is 5.78 Å². The van der Waals surface area contributed by atoms with Gasteiger partial charge >= 0.3 is 0 Å². The second kappa shape index (κ2) is 12.4. The van der Waals surface area contributed by atoms with Crippen molar-refractivity contribution in [3.63, 3.8) is 0 Å². The van der Waals surface area contributed by atoms with Crippen LogP contribution in [0.1, 0.15) is 87.1 Å². The molecule has 1 nitrogen and oxygen atoms in total. The number of unbranched alkanes of at least 4 members (excludes halogenated alkanes) is 2. The van der Waals surface area contributed by atoms with Crippen molar-refractivity contribution in [2.45, 2.75) is 71.1 Å². The summed E-state index contributed by atoms with van der Waals surface area (Å²) in [4.78, 5) is 12.4. The summed E-state index contributed by atoms with van der Waals surface area (Å²) < 4.78 is 1.12. The fourth-order valence-corrected chi connectivity index (χ4v) is 4.01. The molecule has 0 amide bonds. The molecule has 1 unspecified atom stereocenters. The van der Waals surface area contributed by atoms with Crippen molar-refractivity contribution in [1.82, 2.24) is 0 Å². The molecular weight excluding hydrogens is 432 g/mol. The minimum Gasteiger partial charge on any atom is -0.294 e. The maximum absolute atomic E-state index is 12.4. The Bertz CT molecular complexity index is 706. The van der Waals surface area contributed by atoms with Crippen molar-refractivity contribution in [2.24, 2.45) is 5.92 Å². The van der Waals surface area contributed by atoms with Crippen LogP contribution in [0.25, 0.3) is 0 Å². The number of carbonyl (C=O) groups is 1. The van der Waals surface area contributed by atoms with Crippen molar-refractivity contribution in [1.29, 1.82) is 0 Å². The van der Waals surface area contributed by atoms with Crippen LogP contribution in [0.2, 0.25) is 5.02 Å². The van der Waals surface area contributed by atoms with Gasteiger partial charge in [-0.2, -0.15) is 0 Å². The van der Waals surface area contributed by atoms with E-state index in [9.17, 15) is 4.79 Å². The summed E-state index contributed by atoms with van der Waals surface area (Å²) in [6, 6.07) is 15.9. The minimum atomic E-state index is 0.211. The standard InChI is InChI=1S/C25H32BrClO/c1-19(2)7-4-3-5-8-20(21-11-15-23(26)16-12-21)9-6-10-25(28)22-13-17-24(27)18-14-22/h11-20H,3-10H2,1-2H3. The van der Waals surface area contributed by atoms with Gasteiger partial charge in [-0.05, 0) is 73.1 Å². The van der Waals surface area contributed by atoms with E-state index in [0.717, 1.165) is 28.8 Å². The van der Waals surface area contributed by atoms with Gasteiger partial charge in [-0.3, -0.25) is 4.79 Å². The van der Waals surface area contributed by atoms with Crippen LogP contribution in [-0.4, -0.2) is 5.78 Å². The summed E-state index contributed by atoms with van der Waals surface area (Å²) in [6.45, 7) is 4.59. The van der Waals surface area contributed by atoms with E-state index < -0.39 is 0 Å². The van der Waals surface area contributed by atoms with E-state index in [2.05, 4.69) is 54.0 Å².